The Kier molecular flexibility index (Phi) is 4.11. The Bertz CT molecular complexity index is 145. The summed E-state index contributed by atoms with van der Waals surface area (Å²) in [4.78, 5) is 0. The second-order valence-electron chi connectivity index (χ2n) is 5.31. The molecule has 0 aromatic rings. The zero-order valence-electron chi connectivity index (χ0n) is 9.18. The molecule has 0 aromatic carbocycles. The minimum absolute atomic E-state index is 0.437. The SMILES string of the molecule is CC(C)(C)CCC(N)C1CCCS1. The molecule has 2 heteroatoms. The Morgan fingerprint density at radius 3 is 2.62 bits per heavy atom. The van der Waals surface area contributed by atoms with E-state index < -0.39 is 0 Å². The lowest BCUT2D eigenvalue weighted by Gasteiger charge is -2.23. The molecule has 1 rings (SSSR count). The Balaban J connectivity index is 2.20. The number of thioether (sulfide) groups is 1. The first kappa shape index (κ1) is 11.4. The second kappa shape index (κ2) is 4.70. The normalized spacial score (nSPS) is 26.3. The highest BCUT2D eigenvalue weighted by molar-refractivity contribution is 8.00. The van der Waals surface area contributed by atoms with Crippen molar-refractivity contribution in [1.82, 2.24) is 0 Å². The van der Waals surface area contributed by atoms with Crippen molar-refractivity contribution in [2.24, 2.45) is 11.1 Å². The van der Waals surface area contributed by atoms with Crippen molar-refractivity contribution in [3.8, 4) is 0 Å². The topological polar surface area (TPSA) is 26.0 Å². The minimum Gasteiger partial charge on any atom is -0.327 e. The van der Waals surface area contributed by atoms with Gasteiger partial charge in [-0.2, -0.15) is 11.8 Å². The van der Waals surface area contributed by atoms with Crippen molar-refractivity contribution >= 4 is 11.8 Å². The van der Waals surface area contributed by atoms with Crippen molar-refractivity contribution in [3.63, 3.8) is 0 Å². The molecule has 0 aromatic heterocycles. The van der Waals surface area contributed by atoms with Crippen LogP contribution in [0.2, 0.25) is 0 Å². The number of nitrogens with two attached hydrogens (primary N) is 1. The molecule has 2 N–H and O–H groups in total. The van der Waals surface area contributed by atoms with Crippen LogP contribution in [-0.2, 0) is 0 Å². The van der Waals surface area contributed by atoms with Gasteiger partial charge in [0, 0.05) is 11.3 Å². The summed E-state index contributed by atoms with van der Waals surface area (Å²) >= 11 is 2.08. The smallest absolute Gasteiger partial charge is 0.0199 e. The molecule has 13 heavy (non-hydrogen) atoms. The zero-order chi connectivity index (χ0) is 9.90. The number of hydrogen-bond donors (Lipinski definition) is 1. The Hall–Kier alpha value is 0.310. The molecule has 1 fully saturated rings. The van der Waals surface area contributed by atoms with Crippen LogP contribution >= 0.6 is 11.8 Å². The van der Waals surface area contributed by atoms with E-state index in [1.807, 2.05) is 0 Å². The van der Waals surface area contributed by atoms with Gasteiger partial charge in [0.25, 0.3) is 0 Å². The van der Waals surface area contributed by atoms with Crippen LogP contribution in [-0.4, -0.2) is 17.0 Å². The average Bonchev–Trinajstić information content (AvgIpc) is 2.50. The van der Waals surface area contributed by atoms with Crippen LogP contribution in [0.4, 0.5) is 0 Å². The summed E-state index contributed by atoms with van der Waals surface area (Å²) in [6.07, 6.45) is 5.17. The van der Waals surface area contributed by atoms with Crippen molar-refractivity contribution in [3.05, 3.63) is 0 Å². The average molecular weight is 201 g/mol. The maximum atomic E-state index is 6.17. The van der Waals surface area contributed by atoms with Gasteiger partial charge in [-0.15, -0.1) is 0 Å². The lowest BCUT2D eigenvalue weighted by molar-refractivity contribution is 0.345. The molecule has 0 saturated carbocycles. The van der Waals surface area contributed by atoms with E-state index in [0.29, 0.717) is 11.5 Å². The van der Waals surface area contributed by atoms with E-state index in [4.69, 9.17) is 5.73 Å². The summed E-state index contributed by atoms with van der Waals surface area (Å²) < 4.78 is 0. The first-order valence-electron chi connectivity index (χ1n) is 5.36. The number of rotatable bonds is 3. The second-order valence-corrected chi connectivity index (χ2v) is 6.66. The minimum atomic E-state index is 0.437. The van der Waals surface area contributed by atoms with Gasteiger partial charge in [-0.05, 0) is 36.9 Å². The molecule has 1 heterocycles. The van der Waals surface area contributed by atoms with Crippen molar-refractivity contribution in [2.75, 3.05) is 5.75 Å². The van der Waals surface area contributed by atoms with Crippen LogP contribution in [0.25, 0.3) is 0 Å². The zero-order valence-corrected chi connectivity index (χ0v) is 9.99. The predicted octanol–water partition coefficient (Wildman–Crippen LogP) is 3.04. The number of hydrogen-bond acceptors (Lipinski definition) is 2. The quantitative estimate of drug-likeness (QED) is 0.759. The van der Waals surface area contributed by atoms with Crippen LogP contribution in [0, 0.1) is 5.41 Å². The molecule has 78 valence electrons. The fourth-order valence-corrected chi connectivity index (χ4v) is 3.08. The van der Waals surface area contributed by atoms with E-state index in [1.54, 1.807) is 0 Å². The summed E-state index contributed by atoms with van der Waals surface area (Å²) in [5.74, 6) is 1.33. The molecular formula is C11H23NS. The van der Waals surface area contributed by atoms with Gasteiger partial charge in [0.15, 0.2) is 0 Å². The largest absolute Gasteiger partial charge is 0.327 e. The molecular weight excluding hydrogens is 178 g/mol. The van der Waals surface area contributed by atoms with E-state index in [2.05, 4.69) is 32.5 Å². The molecule has 0 aliphatic carbocycles. The molecule has 1 aliphatic rings. The maximum Gasteiger partial charge on any atom is 0.0199 e. The molecule has 2 atom stereocenters. The third-order valence-corrected chi connectivity index (χ3v) is 4.21. The van der Waals surface area contributed by atoms with E-state index in [1.165, 1.54) is 31.4 Å². The van der Waals surface area contributed by atoms with Gasteiger partial charge in [-0.1, -0.05) is 20.8 Å². The lowest BCUT2D eigenvalue weighted by atomic mass is 9.88. The molecule has 2 unspecified atom stereocenters. The van der Waals surface area contributed by atoms with Crippen molar-refractivity contribution in [1.29, 1.82) is 0 Å². The molecule has 0 bridgehead atoms. The lowest BCUT2D eigenvalue weighted by Crippen LogP contribution is -2.31. The van der Waals surface area contributed by atoms with Crippen LogP contribution in [0.5, 0.6) is 0 Å². The third kappa shape index (κ3) is 4.37. The molecule has 0 spiro atoms. The fraction of sp³-hybridized carbons (Fsp3) is 1.00. The first-order valence-corrected chi connectivity index (χ1v) is 6.41. The van der Waals surface area contributed by atoms with Gasteiger partial charge in [0.1, 0.15) is 0 Å². The molecule has 0 amide bonds. The van der Waals surface area contributed by atoms with Gasteiger partial charge >= 0.3 is 0 Å². The van der Waals surface area contributed by atoms with Gasteiger partial charge in [-0.3, -0.25) is 0 Å². The predicted molar refractivity (Wildman–Crippen MR) is 62.1 cm³/mol. The fourth-order valence-electron chi connectivity index (χ4n) is 1.73. The summed E-state index contributed by atoms with van der Waals surface area (Å²) in [6.45, 7) is 6.88. The maximum absolute atomic E-state index is 6.17. The summed E-state index contributed by atoms with van der Waals surface area (Å²) in [7, 11) is 0. The van der Waals surface area contributed by atoms with Crippen LogP contribution in [0.3, 0.4) is 0 Å². The highest BCUT2D eigenvalue weighted by Crippen LogP contribution is 2.31. The van der Waals surface area contributed by atoms with Crippen LogP contribution in [0.1, 0.15) is 46.5 Å². The van der Waals surface area contributed by atoms with Gasteiger partial charge in [0.2, 0.25) is 0 Å². The Morgan fingerprint density at radius 2 is 2.15 bits per heavy atom. The molecule has 1 saturated heterocycles. The summed E-state index contributed by atoms with van der Waals surface area (Å²) in [5.41, 5.74) is 6.61. The highest BCUT2D eigenvalue weighted by atomic mass is 32.2. The monoisotopic (exact) mass is 201 g/mol. The van der Waals surface area contributed by atoms with Crippen LogP contribution in [0.15, 0.2) is 0 Å². The Morgan fingerprint density at radius 1 is 1.46 bits per heavy atom. The molecule has 0 radical (unpaired) electrons. The van der Waals surface area contributed by atoms with E-state index in [-0.39, 0.29) is 0 Å². The van der Waals surface area contributed by atoms with Gasteiger partial charge < -0.3 is 5.73 Å². The van der Waals surface area contributed by atoms with Gasteiger partial charge in [0.05, 0.1) is 0 Å². The highest BCUT2D eigenvalue weighted by Gasteiger charge is 2.23. The molecule has 1 aliphatic heterocycles. The first-order chi connectivity index (χ1) is 5.99. The van der Waals surface area contributed by atoms with Crippen molar-refractivity contribution < 1.29 is 0 Å². The van der Waals surface area contributed by atoms with Crippen LogP contribution < -0.4 is 5.73 Å². The van der Waals surface area contributed by atoms with Crippen molar-refractivity contribution in [2.45, 2.75) is 57.7 Å². The standard InChI is InChI=1S/C11H23NS/c1-11(2,3)7-6-9(12)10-5-4-8-13-10/h9-10H,4-8,12H2,1-3H3. The Labute approximate surface area is 86.8 Å². The van der Waals surface area contributed by atoms with E-state index in [9.17, 15) is 0 Å². The molecule has 1 nitrogen and oxygen atoms in total. The van der Waals surface area contributed by atoms with E-state index in [0.717, 1.165) is 5.25 Å². The third-order valence-electron chi connectivity index (χ3n) is 2.67. The van der Waals surface area contributed by atoms with E-state index >= 15 is 0 Å². The summed E-state index contributed by atoms with van der Waals surface area (Å²) in [6, 6.07) is 0.437. The van der Waals surface area contributed by atoms with Gasteiger partial charge in [-0.25, -0.2) is 0 Å². The summed E-state index contributed by atoms with van der Waals surface area (Å²) in [5, 5.41) is 0.752.